The lowest BCUT2D eigenvalue weighted by Crippen LogP contribution is -2.45. The first-order valence-electron chi connectivity index (χ1n) is 6.11. The summed E-state index contributed by atoms with van der Waals surface area (Å²) >= 11 is 0. The molecule has 2 atom stereocenters. The monoisotopic (exact) mass is 275 g/mol. The first-order valence-corrected chi connectivity index (χ1v) is 7.93. The van der Waals surface area contributed by atoms with Crippen LogP contribution in [0.15, 0.2) is 0 Å². The van der Waals surface area contributed by atoms with Crippen LogP contribution in [-0.4, -0.2) is 54.9 Å². The number of carboxylic acid groups (broad SMARTS) is 1. The predicted octanol–water partition coefficient (Wildman–Crippen LogP) is -0.256. The van der Waals surface area contributed by atoms with Gasteiger partial charge >= 0.3 is 5.97 Å². The summed E-state index contributed by atoms with van der Waals surface area (Å²) < 4.78 is 22.7. The SMILES string of the molecule is O=C(O)[C@@H]1CCCN(C(=O)C2CCS(=O)(=O)C2)C1. The molecule has 1 amide bonds. The number of rotatable bonds is 2. The molecule has 18 heavy (non-hydrogen) atoms. The van der Waals surface area contributed by atoms with Crippen LogP contribution >= 0.6 is 0 Å². The summed E-state index contributed by atoms with van der Waals surface area (Å²) in [5, 5.41) is 8.95. The fourth-order valence-electron chi connectivity index (χ4n) is 2.63. The molecular weight excluding hydrogens is 258 g/mol. The van der Waals surface area contributed by atoms with Crippen LogP contribution in [0, 0.1) is 11.8 Å². The highest BCUT2D eigenvalue weighted by Crippen LogP contribution is 2.24. The Morgan fingerprint density at radius 3 is 2.44 bits per heavy atom. The molecule has 1 N–H and O–H groups in total. The molecule has 7 heteroatoms. The molecule has 2 aliphatic heterocycles. The molecule has 2 saturated heterocycles. The summed E-state index contributed by atoms with van der Waals surface area (Å²) in [4.78, 5) is 24.6. The Morgan fingerprint density at radius 2 is 1.89 bits per heavy atom. The molecule has 0 aliphatic carbocycles. The molecule has 2 aliphatic rings. The molecule has 1 unspecified atom stereocenters. The number of hydrogen-bond acceptors (Lipinski definition) is 4. The van der Waals surface area contributed by atoms with Gasteiger partial charge in [-0.2, -0.15) is 0 Å². The molecule has 0 saturated carbocycles. The van der Waals surface area contributed by atoms with Gasteiger partial charge in [-0.3, -0.25) is 9.59 Å². The average Bonchev–Trinajstić information content (AvgIpc) is 2.69. The molecule has 0 spiro atoms. The van der Waals surface area contributed by atoms with Gasteiger partial charge in [-0.05, 0) is 19.3 Å². The van der Waals surface area contributed by atoms with E-state index in [2.05, 4.69) is 0 Å². The lowest BCUT2D eigenvalue weighted by molar-refractivity contribution is -0.146. The average molecular weight is 275 g/mol. The third kappa shape index (κ3) is 2.82. The Labute approximate surface area is 106 Å². The lowest BCUT2D eigenvalue weighted by atomic mass is 9.96. The molecular formula is C11H17NO5S. The van der Waals surface area contributed by atoms with Gasteiger partial charge in [0, 0.05) is 13.1 Å². The van der Waals surface area contributed by atoms with Crippen LogP contribution in [0.5, 0.6) is 0 Å². The van der Waals surface area contributed by atoms with E-state index in [0.29, 0.717) is 25.8 Å². The van der Waals surface area contributed by atoms with E-state index in [1.807, 2.05) is 0 Å². The van der Waals surface area contributed by atoms with Crippen molar-refractivity contribution in [2.24, 2.45) is 11.8 Å². The van der Waals surface area contributed by atoms with Crippen molar-refractivity contribution >= 4 is 21.7 Å². The summed E-state index contributed by atoms with van der Waals surface area (Å²) in [5.74, 6) is -2.07. The van der Waals surface area contributed by atoms with E-state index in [1.54, 1.807) is 0 Å². The third-order valence-electron chi connectivity index (χ3n) is 3.66. The third-order valence-corrected chi connectivity index (χ3v) is 5.43. The second-order valence-corrected chi connectivity index (χ2v) is 7.29. The van der Waals surface area contributed by atoms with Crippen LogP contribution < -0.4 is 0 Å². The zero-order chi connectivity index (χ0) is 13.3. The maximum Gasteiger partial charge on any atom is 0.308 e. The molecule has 2 rings (SSSR count). The molecule has 0 radical (unpaired) electrons. The summed E-state index contributed by atoms with van der Waals surface area (Å²) in [5.41, 5.74) is 0. The Kier molecular flexibility index (Phi) is 3.61. The fourth-order valence-corrected chi connectivity index (χ4v) is 4.36. The van der Waals surface area contributed by atoms with E-state index in [4.69, 9.17) is 5.11 Å². The van der Waals surface area contributed by atoms with Gasteiger partial charge in [-0.15, -0.1) is 0 Å². The number of hydrogen-bond donors (Lipinski definition) is 1. The number of amides is 1. The normalized spacial score (nSPS) is 31.2. The van der Waals surface area contributed by atoms with E-state index in [-0.39, 0.29) is 24.0 Å². The van der Waals surface area contributed by atoms with Crippen LogP contribution in [0.25, 0.3) is 0 Å². The lowest BCUT2D eigenvalue weighted by Gasteiger charge is -2.32. The van der Waals surface area contributed by atoms with Gasteiger partial charge in [0.05, 0.1) is 23.3 Å². The highest BCUT2D eigenvalue weighted by molar-refractivity contribution is 7.91. The van der Waals surface area contributed by atoms with Crippen LogP contribution in [0.3, 0.4) is 0 Å². The molecule has 2 fully saturated rings. The molecule has 0 aromatic rings. The second-order valence-electron chi connectivity index (χ2n) is 5.06. The minimum absolute atomic E-state index is 0.0691. The maximum atomic E-state index is 12.1. The van der Waals surface area contributed by atoms with Gasteiger partial charge < -0.3 is 10.0 Å². The summed E-state index contributed by atoms with van der Waals surface area (Å²) in [6, 6.07) is 0. The second kappa shape index (κ2) is 4.87. The Morgan fingerprint density at radius 1 is 1.17 bits per heavy atom. The number of sulfone groups is 1. The molecule has 102 valence electrons. The minimum atomic E-state index is -3.07. The van der Waals surface area contributed by atoms with E-state index in [0.717, 1.165) is 0 Å². The van der Waals surface area contributed by atoms with Crippen LogP contribution in [-0.2, 0) is 19.4 Å². The quantitative estimate of drug-likeness (QED) is 0.750. The van der Waals surface area contributed by atoms with Gasteiger partial charge in [0.2, 0.25) is 5.91 Å². The highest BCUT2D eigenvalue weighted by Gasteiger charge is 2.37. The Hall–Kier alpha value is -1.11. The van der Waals surface area contributed by atoms with Crippen molar-refractivity contribution < 1.29 is 23.1 Å². The van der Waals surface area contributed by atoms with Crippen molar-refractivity contribution in [3.8, 4) is 0 Å². The van der Waals surface area contributed by atoms with E-state index in [9.17, 15) is 18.0 Å². The molecule has 6 nitrogen and oxygen atoms in total. The number of likely N-dealkylation sites (tertiary alicyclic amines) is 1. The van der Waals surface area contributed by atoms with E-state index < -0.39 is 27.6 Å². The van der Waals surface area contributed by atoms with Crippen molar-refractivity contribution in [1.29, 1.82) is 0 Å². The van der Waals surface area contributed by atoms with E-state index >= 15 is 0 Å². The molecule has 0 aromatic heterocycles. The first-order chi connectivity index (χ1) is 8.39. The van der Waals surface area contributed by atoms with Gasteiger partial charge in [-0.1, -0.05) is 0 Å². The van der Waals surface area contributed by atoms with Crippen molar-refractivity contribution in [2.75, 3.05) is 24.6 Å². The van der Waals surface area contributed by atoms with Crippen LogP contribution in [0.4, 0.5) is 0 Å². The van der Waals surface area contributed by atoms with Crippen LogP contribution in [0.2, 0.25) is 0 Å². The van der Waals surface area contributed by atoms with Crippen molar-refractivity contribution in [3.05, 3.63) is 0 Å². The zero-order valence-corrected chi connectivity index (χ0v) is 10.9. The number of piperidine rings is 1. The van der Waals surface area contributed by atoms with Gasteiger partial charge in [0.25, 0.3) is 0 Å². The van der Waals surface area contributed by atoms with Crippen molar-refractivity contribution in [1.82, 2.24) is 4.90 Å². The Balaban J connectivity index is 1.99. The summed E-state index contributed by atoms with van der Waals surface area (Å²) in [6.07, 6.45) is 1.62. The number of carboxylic acids is 1. The number of aliphatic carboxylic acids is 1. The maximum absolute atomic E-state index is 12.1. The molecule has 0 bridgehead atoms. The van der Waals surface area contributed by atoms with Gasteiger partial charge in [-0.25, -0.2) is 8.42 Å². The predicted molar refractivity (Wildman–Crippen MR) is 63.7 cm³/mol. The van der Waals surface area contributed by atoms with Crippen molar-refractivity contribution in [3.63, 3.8) is 0 Å². The van der Waals surface area contributed by atoms with Gasteiger partial charge in [0.1, 0.15) is 0 Å². The van der Waals surface area contributed by atoms with E-state index in [1.165, 1.54) is 4.90 Å². The minimum Gasteiger partial charge on any atom is -0.481 e. The van der Waals surface area contributed by atoms with Gasteiger partial charge in [0.15, 0.2) is 9.84 Å². The fraction of sp³-hybridized carbons (Fsp3) is 0.818. The topological polar surface area (TPSA) is 91.8 Å². The summed E-state index contributed by atoms with van der Waals surface area (Å²) in [6.45, 7) is 0.754. The smallest absolute Gasteiger partial charge is 0.308 e. The largest absolute Gasteiger partial charge is 0.481 e. The van der Waals surface area contributed by atoms with Crippen LogP contribution in [0.1, 0.15) is 19.3 Å². The Bertz CT molecular complexity index is 458. The highest BCUT2D eigenvalue weighted by atomic mass is 32.2. The number of carbonyl (C=O) groups excluding carboxylic acids is 1. The number of nitrogens with zero attached hydrogens (tertiary/aromatic N) is 1. The number of carbonyl (C=O) groups is 2. The zero-order valence-electron chi connectivity index (χ0n) is 10.0. The van der Waals surface area contributed by atoms with Crippen molar-refractivity contribution in [2.45, 2.75) is 19.3 Å². The first kappa shape index (κ1) is 13.3. The summed E-state index contributed by atoms with van der Waals surface area (Å²) in [7, 11) is -3.07. The molecule has 0 aromatic carbocycles. The molecule has 2 heterocycles. The standard InChI is InChI=1S/C11H17NO5S/c13-10(9-3-5-18(16,17)7-9)12-4-1-2-8(6-12)11(14)15/h8-9H,1-7H2,(H,14,15)/t8-,9?/m1/s1.